The van der Waals surface area contributed by atoms with Gasteiger partial charge >= 0.3 is 0 Å². The van der Waals surface area contributed by atoms with E-state index in [4.69, 9.17) is 27.2 Å². The number of amides is 1. The number of nitrogens with zero attached hydrogens (tertiary/aromatic N) is 1. The molecule has 18 heavy (non-hydrogen) atoms. The Morgan fingerprint density at radius 1 is 1.61 bits per heavy atom. The normalized spacial score (nSPS) is 19.9. The maximum atomic E-state index is 11.4. The number of hydrogen-bond donors (Lipinski definition) is 2. The van der Waals surface area contributed by atoms with Gasteiger partial charge in [0.1, 0.15) is 6.04 Å². The molecule has 3 N–H and O–H groups in total. The van der Waals surface area contributed by atoms with Gasteiger partial charge in [0.25, 0.3) is 0 Å². The summed E-state index contributed by atoms with van der Waals surface area (Å²) in [5, 5.41) is 9.53. The van der Waals surface area contributed by atoms with E-state index in [0.29, 0.717) is 18.2 Å². The molecule has 1 saturated heterocycles. The van der Waals surface area contributed by atoms with Crippen molar-refractivity contribution < 1.29 is 14.6 Å². The summed E-state index contributed by atoms with van der Waals surface area (Å²) in [4.78, 5) is 13.2. The molecule has 0 aromatic heterocycles. The molecule has 1 unspecified atom stereocenters. The van der Waals surface area contributed by atoms with Gasteiger partial charge in [-0.15, -0.1) is 0 Å². The predicted octanol–water partition coefficient (Wildman–Crippen LogP) is 0.523. The maximum Gasteiger partial charge on any atom is 0.242 e. The first-order valence-corrected chi connectivity index (χ1v) is 6.04. The van der Waals surface area contributed by atoms with Crippen LogP contribution in [0.5, 0.6) is 0 Å². The van der Waals surface area contributed by atoms with Crippen LogP contribution in [0.15, 0.2) is 18.2 Å². The summed E-state index contributed by atoms with van der Waals surface area (Å²) in [6.07, 6.45) is 0. The first-order valence-electron chi connectivity index (χ1n) is 5.66. The number of ether oxygens (including phenoxy) is 1. The lowest BCUT2D eigenvalue weighted by atomic mass is 10.1. The van der Waals surface area contributed by atoms with Gasteiger partial charge in [0.2, 0.25) is 5.91 Å². The monoisotopic (exact) mass is 270 g/mol. The van der Waals surface area contributed by atoms with E-state index in [1.807, 2.05) is 4.90 Å². The van der Waals surface area contributed by atoms with Gasteiger partial charge in [0.05, 0.1) is 30.5 Å². The lowest BCUT2D eigenvalue weighted by Crippen LogP contribution is -2.52. The summed E-state index contributed by atoms with van der Waals surface area (Å²) < 4.78 is 5.25. The Bertz CT molecular complexity index is 453. The van der Waals surface area contributed by atoms with Crippen molar-refractivity contribution in [3.05, 3.63) is 28.8 Å². The third-order valence-corrected chi connectivity index (χ3v) is 3.26. The van der Waals surface area contributed by atoms with E-state index in [1.54, 1.807) is 18.2 Å². The Morgan fingerprint density at radius 2 is 2.39 bits per heavy atom. The van der Waals surface area contributed by atoms with Crippen LogP contribution in [0.1, 0.15) is 5.56 Å². The summed E-state index contributed by atoms with van der Waals surface area (Å²) in [7, 11) is 0. The molecule has 0 spiro atoms. The van der Waals surface area contributed by atoms with Gasteiger partial charge in [-0.05, 0) is 17.7 Å². The molecule has 1 aromatic carbocycles. The molecule has 1 fully saturated rings. The molecule has 1 amide bonds. The number of halogens is 1. The molecule has 1 atom stereocenters. The zero-order valence-corrected chi connectivity index (χ0v) is 10.6. The average molecular weight is 271 g/mol. The lowest BCUT2D eigenvalue weighted by molar-refractivity contribution is -0.121. The van der Waals surface area contributed by atoms with Crippen molar-refractivity contribution >= 4 is 23.2 Å². The van der Waals surface area contributed by atoms with Crippen molar-refractivity contribution in [2.45, 2.75) is 12.6 Å². The Labute approximate surface area is 110 Å². The first kappa shape index (κ1) is 13.1. The van der Waals surface area contributed by atoms with Crippen LogP contribution >= 0.6 is 11.6 Å². The van der Waals surface area contributed by atoms with Gasteiger partial charge < -0.3 is 20.5 Å². The van der Waals surface area contributed by atoms with Gasteiger partial charge in [-0.3, -0.25) is 4.79 Å². The third-order valence-electron chi connectivity index (χ3n) is 2.96. The number of aliphatic hydroxyl groups excluding tert-OH is 1. The van der Waals surface area contributed by atoms with Crippen molar-refractivity contribution in [1.82, 2.24) is 0 Å². The highest BCUT2D eigenvalue weighted by molar-refractivity contribution is 6.33. The number of anilines is 1. The molecule has 1 aliphatic rings. The van der Waals surface area contributed by atoms with Crippen molar-refractivity contribution in [1.29, 1.82) is 0 Å². The summed E-state index contributed by atoms with van der Waals surface area (Å²) in [5.41, 5.74) is 6.82. The van der Waals surface area contributed by atoms with E-state index in [2.05, 4.69) is 0 Å². The van der Waals surface area contributed by atoms with Crippen LogP contribution in [0.4, 0.5) is 5.69 Å². The molecule has 1 heterocycles. The van der Waals surface area contributed by atoms with Crippen molar-refractivity contribution in [3.8, 4) is 0 Å². The molecular formula is C12H15ClN2O3. The van der Waals surface area contributed by atoms with E-state index in [1.165, 1.54) is 0 Å². The summed E-state index contributed by atoms with van der Waals surface area (Å²) in [6, 6.07) is 4.74. The van der Waals surface area contributed by atoms with E-state index in [0.717, 1.165) is 11.3 Å². The zero-order chi connectivity index (χ0) is 13.1. The predicted molar refractivity (Wildman–Crippen MR) is 68.5 cm³/mol. The Balaban J connectivity index is 2.31. The minimum atomic E-state index is -0.503. The fourth-order valence-electron chi connectivity index (χ4n) is 2.01. The average Bonchev–Trinajstić information content (AvgIpc) is 2.38. The molecule has 0 bridgehead atoms. The topological polar surface area (TPSA) is 75.8 Å². The molecule has 0 radical (unpaired) electrons. The molecule has 1 aromatic rings. The van der Waals surface area contributed by atoms with Crippen LogP contribution in [-0.4, -0.2) is 36.8 Å². The van der Waals surface area contributed by atoms with Crippen LogP contribution in [0.2, 0.25) is 5.02 Å². The number of aliphatic hydroxyl groups is 1. The molecule has 1 aliphatic heterocycles. The van der Waals surface area contributed by atoms with Crippen LogP contribution in [-0.2, 0) is 16.1 Å². The number of carbonyl (C=O) groups excluding carboxylic acids is 1. The van der Waals surface area contributed by atoms with Crippen molar-refractivity contribution in [3.63, 3.8) is 0 Å². The quantitative estimate of drug-likeness (QED) is 0.840. The second-order valence-electron chi connectivity index (χ2n) is 4.13. The van der Waals surface area contributed by atoms with E-state index in [-0.39, 0.29) is 13.2 Å². The van der Waals surface area contributed by atoms with Crippen LogP contribution in [0.25, 0.3) is 0 Å². The largest absolute Gasteiger partial charge is 0.392 e. The van der Waals surface area contributed by atoms with Crippen molar-refractivity contribution in [2.75, 3.05) is 24.7 Å². The Morgan fingerprint density at radius 3 is 3.00 bits per heavy atom. The number of carbonyl (C=O) groups is 1. The fraction of sp³-hybridized carbons (Fsp3) is 0.417. The summed E-state index contributed by atoms with van der Waals surface area (Å²) in [5.74, 6) is -0.433. The van der Waals surface area contributed by atoms with E-state index >= 15 is 0 Å². The highest BCUT2D eigenvalue weighted by Crippen LogP contribution is 2.29. The number of benzene rings is 1. The number of rotatable bonds is 3. The SMILES string of the molecule is NC(=O)C1COCCN1c1ccc(CO)cc1Cl. The molecule has 0 saturated carbocycles. The molecule has 98 valence electrons. The molecule has 6 heteroatoms. The molecule has 0 aliphatic carbocycles. The highest BCUT2D eigenvalue weighted by atomic mass is 35.5. The van der Waals surface area contributed by atoms with Crippen molar-refractivity contribution in [2.24, 2.45) is 5.73 Å². The Hall–Kier alpha value is -1.30. The smallest absolute Gasteiger partial charge is 0.242 e. The van der Waals surface area contributed by atoms with E-state index < -0.39 is 11.9 Å². The van der Waals surface area contributed by atoms with Crippen LogP contribution in [0.3, 0.4) is 0 Å². The zero-order valence-electron chi connectivity index (χ0n) is 9.80. The minimum Gasteiger partial charge on any atom is -0.392 e. The summed E-state index contributed by atoms with van der Waals surface area (Å²) >= 11 is 6.17. The Kier molecular flexibility index (Phi) is 4.06. The number of primary amides is 1. The molecule has 2 rings (SSSR count). The highest BCUT2D eigenvalue weighted by Gasteiger charge is 2.29. The second-order valence-corrected chi connectivity index (χ2v) is 4.54. The number of nitrogens with two attached hydrogens (primary N) is 1. The molecule has 5 nitrogen and oxygen atoms in total. The van der Waals surface area contributed by atoms with Gasteiger partial charge in [-0.2, -0.15) is 0 Å². The number of morpholine rings is 1. The first-order chi connectivity index (χ1) is 8.63. The maximum absolute atomic E-state index is 11.4. The van der Waals surface area contributed by atoms with Gasteiger partial charge in [-0.25, -0.2) is 0 Å². The third kappa shape index (κ3) is 2.58. The lowest BCUT2D eigenvalue weighted by Gasteiger charge is -2.35. The molecular weight excluding hydrogens is 256 g/mol. The standard InChI is InChI=1S/C12H15ClN2O3/c13-9-5-8(6-16)1-2-10(9)15-3-4-18-7-11(15)12(14)17/h1-2,5,11,16H,3-4,6-7H2,(H2,14,17). The second kappa shape index (κ2) is 5.56. The number of hydrogen-bond acceptors (Lipinski definition) is 4. The van der Waals surface area contributed by atoms with Gasteiger partial charge in [0.15, 0.2) is 0 Å². The fourth-order valence-corrected chi connectivity index (χ4v) is 2.32. The van der Waals surface area contributed by atoms with E-state index in [9.17, 15) is 4.79 Å². The van der Waals surface area contributed by atoms with Gasteiger partial charge in [0, 0.05) is 6.54 Å². The summed E-state index contributed by atoms with van der Waals surface area (Å²) in [6.45, 7) is 1.30. The minimum absolute atomic E-state index is 0.0671. The van der Waals surface area contributed by atoms with Crippen LogP contribution < -0.4 is 10.6 Å². The van der Waals surface area contributed by atoms with Gasteiger partial charge in [-0.1, -0.05) is 17.7 Å². The van der Waals surface area contributed by atoms with Crippen LogP contribution in [0, 0.1) is 0 Å².